The third-order valence-corrected chi connectivity index (χ3v) is 3.64. The number of nitrogens with one attached hydrogen (secondary N) is 1. The van der Waals surface area contributed by atoms with Crippen LogP contribution in [-0.2, 0) is 6.42 Å². The van der Waals surface area contributed by atoms with E-state index in [4.69, 9.17) is 0 Å². The summed E-state index contributed by atoms with van der Waals surface area (Å²) in [5.41, 5.74) is -1.71. The Morgan fingerprint density at radius 2 is 2.10 bits per heavy atom. The van der Waals surface area contributed by atoms with Gasteiger partial charge in [0.25, 0.3) is 5.91 Å². The molecule has 0 bridgehead atoms. The summed E-state index contributed by atoms with van der Waals surface area (Å²) in [5, 5.41) is 16.1. The van der Waals surface area contributed by atoms with E-state index in [9.17, 15) is 23.1 Å². The molecule has 0 unspecified atom stereocenters. The van der Waals surface area contributed by atoms with Gasteiger partial charge in [0, 0.05) is 31.6 Å². The molecule has 0 atom stereocenters. The van der Waals surface area contributed by atoms with E-state index >= 15 is 0 Å². The molecule has 0 aromatic carbocycles. The predicted octanol–water partition coefficient (Wildman–Crippen LogP) is 1.50. The van der Waals surface area contributed by atoms with Gasteiger partial charge in [-0.05, 0) is 12.5 Å². The number of rotatable bonds is 2. The van der Waals surface area contributed by atoms with Crippen LogP contribution < -0.4 is 0 Å². The summed E-state index contributed by atoms with van der Waals surface area (Å²) in [4.78, 5) is 13.4. The third-order valence-electron chi connectivity index (χ3n) is 3.64. The number of halogens is 3. The zero-order chi connectivity index (χ0) is 15.0. The van der Waals surface area contributed by atoms with E-state index in [0.29, 0.717) is 6.42 Å². The molecule has 1 fully saturated rings. The Labute approximate surface area is 113 Å². The summed E-state index contributed by atoms with van der Waals surface area (Å²) in [6.07, 6.45) is -4.99. The van der Waals surface area contributed by atoms with E-state index in [1.807, 2.05) is 6.92 Å². The summed E-state index contributed by atoms with van der Waals surface area (Å²) < 4.78 is 38.0. The largest absolute Gasteiger partial charge is 0.417 e. The van der Waals surface area contributed by atoms with Crippen molar-refractivity contribution in [2.75, 3.05) is 13.1 Å². The molecular weight excluding hydrogens is 275 g/mol. The Kier molecular flexibility index (Phi) is 3.77. The van der Waals surface area contributed by atoms with Crippen LogP contribution in [0.25, 0.3) is 0 Å². The first-order valence-corrected chi connectivity index (χ1v) is 6.39. The van der Waals surface area contributed by atoms with Crippen LogP contribution in [0.2, 0.25) is 0 Å². The van der Waals surface area contributed by atoms with Gasteiger partial charge in [0.05, 0.1) is 0 Å². The lowest BCUT2D eigenvalue weighted by Crippen LogP contribution is -2.54. The second kappa shape index (κ2) is 5.08. The highest BCUT2D eigenvalue weighted by Crippen LogP contribution is 2.38. The molecular formula is C12H16F3N3O2. The maximum atomic E-state index is 12.7. The van der Waals surface area contributed by atoms with Crippen molar-refractivity contribution in [2.24, 2.45) is 0 Å². The minimum absolute atomic E-state index is 0.136. The van der Waals surface area contributed by atoms with Crippen molar-refractivity contribution in [1.82, 2.24) is 15.1 Å². The van der Waals surface area contributed by atoms with E-state index in [2.05, 4.69) is 10.2 Å². The first kappa shape index (κ1) is 14.8. The number of carbonyl (C=O) groups excluding carboxylic acids is 1. The van der Waals surface area contributed by atoms with Crippen LogP contribution >= 0.6 is 0 Å². The van der Waals surface area contributed by atoms with Crippen molar-refractivity contribution in [3.05, 3.63) is 17.5 Å². The smallest absolute Gasteiger partial charge is 0.380 e. The van der Waals surface area contributed by atoms with Crippen molar-refractivity contribution < 1.29 is 23.1 Å². The van der Waals surface area contributed by atoms with E-state index in [-0.39, 0.29) is 18.8 Å². The topological polar surface area (TPSA) is 69.2 Å². The van der Waals surface area contributed by atoms with Crippen molar-refractivity contribution in [2.45, 2.75) is 38.0 Å². The number of piperidine rings is 1. The Bertz CT molecular complexity index is 490. The lowest BCUT2D eigenvalue weighted by molar-refractivity contribution is -0.271. The van der Waals surface area contributed by atoms with Gasteiger partial charge in [-0.15, -0.1) is 0 Å². The Balaban J connectivity index is 2.02. The molecule has 0 aliphatic carbocycles. The van der Waals surface area contributed by atoms with Gasteiger partial charge in [0.1, 0.15) is 5.69 Å². The summed E-state index contributed by atoms with van der Waals surface area (Å²) in [6.45, 7) is 1.62. The average Bonchev–Trinajstić information content (AvgIpc) is 2.86. The molecule has 1 aromatic rings. The Morgan fingerprint density at radius 1 is 1.50 bits per heavy atom. The van der Waals surface area contributed by atoms with Crippen LogP contribution in [0, 0.1) is 0 Å². The monoisotopic (exact) mass is 291 g/mol. The highest BCUT2D eigenvalue weighted by Gasteiger charge is 2.54. The van der Waals surface area contributed by atoms with Crippen molar-refractivity contribution >= 4 is 5.91 Å². The Morgan fingerprint density at radius 3 is 2.55 bits per heavy atom. The quantitative estimate of drug-likeness (QED) is 0.867. The molecule has 0 saturated carbocycles. The summed E-state index contributed by atoms with van der Waals surface area (Å²) in [6, 6.07) is 1.59. The molecule has 0 spiro atoms. The van der Waals surface area contributed by atoms with Crippen LogP contribution in [0.1, 0.15) is 35.9 Å². The van der Waals surface area contributed by atoms with Gasteiger partial charge >= 0.3 is 6.18 Å². The van der Waals surface area contributed by atoms with Crippen LogP contribution in [0.3, 0.4) is 0 Å². The van der Waals surface area contributed by atoms with Crippen LogP contribution in [-0.4, -0.2) is 51.0 Å². The number of carbonyl (C=O) groups is 1. The lowest BCUT2D eigenvalue weighted by Gasteiger charge is -2.38. The van der Waals surface area contributed by atoms with Crippen LogP contribution in [0.15, 0.2) is 6.07 Å². The first-order valence-electron chi connectivity index (χ1n) is 6.39. The zero-order valence-electron chi connectivity index (χ0n) is 11.0. The number of aromatic nitrogens is 2. The molecule has 2 N–H and O–H groups in total. The van der Waals surface area contributed by atoms with Gasteiger partial charge in [0.2, 0.25) is 0 Å². The number of H-pyrrole nitrogens is 1. The van der Waals surface area contributed by atoms with Crippen molar-refractivity contribution in [3.8, 4) is 0 Å². The number of likely N-dealkylation sites (tertiary alicyclic amines) is 1. The summed E-state index contributed by atoms with van der Waals surface area (Å²) >= 11 is 0. The van der Waals surface area contributed by atoms with Gasteiger partial charge in [-0.3, -0.25) is 9.89 Å². The highest BCUT2D eigenvalue weighted by molar-refractivity contribution is 5.92. The van der Waals surface area contributed by atoms with E-state index in [1.54, 1.807) is 6.07 Å². The minimum atomic E-state index is -4.66. The standard InChI is InChI=1S/C12H16F3N3O2/c1-2-8-7-9(17-16-8)10(19)18-5-3-11(20,4-6-18)12(13,14)15/h7,20H,2-6H2,1H3,(H,16,17). The number of hydrogen-bond acceptors (Lipinski definition) is 3. The highest BCUT2D eigenvalue weighted by atomic mass is 19.4. The maximum Gasteiger partial charge on any atom is 0.417 e. The number of nitrogens with zero attached hydrogens (tertiary/aromatic N) is 2. The minimum Gasteiger partial charge on any atom is -0.380 e. The molecule has 2 heterocycles. The predicted molar refractivity (Wildman–Crippen MR) is 64.1 cm³/mol. The number of aliphatic hydroxyl groups is 1. The number of aromatic amines is 1. The zero-order valence-corrected chi connectivity index (χ0v) is 11.0. The van der Waals surface area contributed by atoms with Gasteiger partial charge in [-0.1, -0.05) is 6.92 Å². The van der Waals surface area contributed by atoms with Crippen LogP contribution in [0.5, 0.6) is 0 Å². The van der Waals surface area contributed by atoms with Gasteiger partial charge in [0.15, 0.2) is 5.60 Å². The van der Waals surface area contributed by atoms with E-state index in [0.717, 1.165) is 5.69 Å². The molecule has 5 nitrogen and oxygen atoms in total. The normalized spacial score (nSPS) is 19.1. The fourth-order valence-corrected chi connectivity index (χ4v) is 2.18. The van der Waals surface area contributed by atoms with Crippen molar-refractivity contribution in [1.29, 1.82) is 0 Å². The fraction of sp³-hybridized carbons (Fsp3) is 0.667. The molecule has 1 aromatic heterocycles. The molecule has 1 aliphatic heterocycles. The van der Waals surface area contributed by atoms with Crippen LogP contribution in [0.4, 0.5) is 13.2 Å². The SMILES string of the molecule is CCc1cc(C(=O)N2CCC(O)(C(F)(F)F)CC2)n[nH]1. The molecule has 1 saturated heterocycles. The number of alkyl halides is 3. The third kappa shape index (κ3) is 2.65. The first-order chi connectivity index (χ1) is 9.27. The summed E-state index contributed by atoms with van der Waals surface area (Å²) in [7, 11) is 0. The molecule has 0 radical (unpaired) electrons. The maximum absolute atomic E-state index is 12.7. The van der Waals surface area contributed by atoms with Gasteiger partial charge in [-0.2, -0.15) is 18.3 Å². The molecule has 1 amide bonds. The molecule has 8 heteroatoms. The van der Waals surface area contributed by atoms with Gasteiger partial charge in [-0.25, -0.2) is 0 Å². The molecule has 2 rings (SSSR count). The average molecular weight is 291 g/mol. The fourth-order valence-electron chi connectivity index (χ4n) is 2.18. The second-order valence-corrected chi connectivity index (χ2v) is 4.95. The molecule has 20 heavy (non-hydrogen) atoms. The van der Waals surface area contributed by atoms with E-state index in [1.165, 1.54) is 4.90 Å². The van der Waals surface area contributed by atoms with E-state index < -0.39 is 30.5 Å². The lowest BCUT2D eigenvalue weighted by atomic mass is 9.90. The second-order valence-electron chi connectivity index (χ2n) is 4.95. The number of amides is 1. The number of hydrogen-bond donors (Lipinski definition) is 2. The number of aryl methyl sites for hydroxylation is 1. The summed E-state index contributed by atoms with van der Waals surface area (Å²) in [5.74, 6) is -0.412. The molecule has 1 aliphatic rings. The van der Waals surface area contributed by atoms with Crippen molar-refractivity contribution in [3.63, 3.8) is 0 Å². The Hall–Kier alpha value is -1.57. The van der Waals surface area contributed by atoms with Gasteiger partial charge < -0.3 is 10.0 Å². The molecule has 112 valence electrons.